The Morgan fingerprint density at radius 2 is 2.09 bits per heavy atom. The molecule has 0 saturated carbocycles. The molecule has 114 valence electrons. The molecule has 1 aromatic carbocycles. The van der Waals surface area contributed by atoms with E-state index < -0.39 is 0 Å². The predicted molar refractivity (Wildman–Crippen MR) is 85.8 cm³/mol. The molecule has 22 heavy (non-hydrogen) atoms. The Balaban J connectivity index is 1.81. The zero-order chi connectivity index (χ0) is 15.5. The summed E-state index contributed by atoms with van der Waals surface area (Å²) >= 11 is 0. The number of rotatable bonds is 3. The summed E-state index contributed by atoms with van der Waals surface area (Å²) in [6.07, 6.45) is 0. The molecular weight excluding hydrogens is 278 g/mol. The summed E-state index contributed by atoms with van der Waals surface area (Å²) in [6.45, 7) is 5.43. The van der Waals surface area contributed by atoms with Gasteiger partial charge < -0.3 is 5.32 Å². The van der Waals surface area contributed by atoms with Crippen LogP contribution in [-0.4, -0.2) is 39.6 Å². The van der Waals surface area contributed by atoms with Crippen LogP contribution in [0.5, 0.6) is 0 Å². The lowest BCUT2D eigenvalue weighted by atomic mass is 10.2. The molecule has 6 nitrogen and oxygen atoms in total. The average molecular weight is 297 g/mol. The first-order valence-corrected chi connectivity index (χ1v) is 7.31. The standard InChI is InChI=1S/C16H19N5O/c1-12-10-15(18-16-17-8-9-20(16)13(2)22)21(19-12)11-14-6-4-3-5-7-14/h3-7,10H,8-9,11H2,1-2H3,(H,17,18). The Morgan fingerprint density at radius 1 is 1.32 bits per heavy atom. The molecule has 0 fully saturated rings. The van der Waals surface area contributed by atoms with Gasteiger partial charge in [0.25, 0.3) is 0 Å². The van der Waals surface area contributed by atoms with E-state index in [1.54, 1.807) is 11.8 Å². The zero-order valence-corrected chi connectivity index (χ0v) is 12.8. The van der Waals surface area contributed by atoms with Crippen molar-refractivity contribution in [3.63, 3.8) is 0 Å². The highest BCUT2D eigenvalue weighted by atomic mass is 16.2. The zero-order valence-electron chi connectivity index (χ0n) is 12.8. The third-order valence-corrected chi connectivity index (χ3v) is 3.54. The van der Waals surface area contributed by atoms with E-state index in [-0.39, 0.29) is 5.91 Å². The number of benzene rings is 1. The van der Waals surface area contributed by atoms with Gasteiger partial charge in [-0.05, 0) is 12.5 Å². The van der Waals surface area contributed by atoms with Gasteiger partial charge in [-0.2, -0.15) is 5.10 Å². The molecule has 0 atom stereocenters. The van der Waals surface area contributed by atoms with Crippen LogP contribution < -0.4 is 5.32 Å². The minimum absolute atomic E-state index is 0.00500. The number of nitrogens with one attached hydrogen (secondary N) is 1. The first kappa shape index (κ1) is 14.3. The minimum atomic E-state index is -0.00500. The van der Waals surface area contributed by atoms with Gasteiger partial charge >= 0.3 is 0 Å². The van der Waals surface area contributed by atoms with Gasteiger partial charge in [0.2, 0.25) is 11.9 Å². The maximum atomic E-state index is 11.6. The third kappa shape index (κ3) is 3.00. The smallest absolute Gasteiger partial charge is 0.226 e. The summed E-state index contributed by atoms with van der Waals surface area (Å²) < 4.78 is 1.89. The molecule has 2 aromatic rings. The quantitative estimate of drug-likeness (QED) is 0.940. The Bertz CT molecular complexity index is 705. The summed E-state index contributed by atoms with van der Waals surface area (Å²) in [7, 11) is 0. The fraction of sp³-hybridized carbons (Fsp3) is 0.312. The van der Waals surface area contributed by atoms with Crippen molar-refractivity contribution in [1.29, 1.82) is 0 Å². The number of aliphatic imine (C=N–C) groups is 1. The number of hydrogen-bond donors (Lipinski definition) is 1. The van der Waals surface area contributed by atoms with E-state index in [2.05, 4.69) is 27.5 Å². The fourth-order valence-corrected chi connectivity index (χ4v) is 2.50. The summed E-state index contributed by atoms with van der Waals surface area (Å²) in [6, 6.07) is 12.1. The summed E-state index contributed by atoms with van der Waals surface area (Å²) in [5.74, 6) is 1.43. The number of aryl methyl sites for hydroxylation is 1. The highest BCUT2D eigenvalue weighted by Gasteiger charge is 2.21. The van der Waals surface area contributed by atoms with E-state index in [0.29, 0.717) is 25.6 Å². The van der Waals surface area contributed by atoms with Gasteiger partial charge in [-0.15, -0.1) is 0 Å². The van der Waals surface area contributed by atoms with Crippen LogP contribution in [-0.2, 0) is 11.3 Å². The lowest BCUT2D eigenvalue weighted by Crippen LogP contribution is -2.37. The van der Waals surface area contributed by atoms with E-state index in [0.717, 1.165) is 11.5 Å². The Hall–Kier alpha value is -2.63. The number of carbonyl (C=O) groups excluding carboxylic acids is 1. The summed E-state index contributed by atoms with van der Waals surface area (Å²) in [5.41, 5.74) is 2.09. The number of hydrogen-bond acceptors (Lipinski definition) is 4. The Kier molecular flexibility index (Phi) is 3.91. The molecule has 1 aliphatic rings. The van der Waals surface area contributed by atoms with Crippen molar-refractivity contribution in [3.05, 3.63) is 47.7 Å². The molecule has 0 bridgehead atoms. The van der Waals surface area contributed by atoms with Crippen molar-refractivity contribution < 1.29 is 4.79 Å². The number of carbonyl (C=O) groups is 1. The highest BCUT2D eigenvalue weighted by Crippen LogP contribution is 2.15. The van der Waals surface area contributed by atoms with Gasteiger partial charge in [-0.25, -0.2) is 4.68 Å². The normalized spacial score (nSPS) is 14.1. The highest BCUT2D eigenvalue weighted by molar-refractivity contribution is 6.04. The number of nitrogens with zero attached hydrogens (tertiary/aromatic N) is 4. The first-order chi connectivity index (χ1) is 10.6. The van der Waals surface area contributed by atoms with Crippen molar-refractivity contribution in [2.75, 3.05) is 18.4 Å². The third-order valence-electron chi connectivity index (χ3n) is 3.54. The van der Waals surface area contributed by atoms with E-state index in [4.69, 9.17) is 0 Å². The number of amides is 1. The van der Waals surface area contributed by atoms with Crippen molar-refractivity contribution in [2.45, 2.75) is 20.4 Å². The number of anilines is 1. The largest absolute Gasteiger partial charge is 0.311 e. The van der Waals surface area contributed by atoms with Crippen LogP contribution >= 0.6 is 0 Å². The molecule has 3 rings (SSSR count). The van der Waals surface area contributed by atoms with Crippen LogP contribution in [0.1, 0.15) is 18.2 Å². The van der Waals surface area contributed by atoms with Crippen molar-refractivity contribution >= 4 is 17.7 Å². The van der Waals surface area contributed by atoms with Gasteiger partial charge in [-0.1, -0.05) is 30.3 Å². The SMILES string of the molecule is CC(=O)N1CCN=C1Nc1cc(C)nn1Cc1ccccc1. The number of aromatic nitrogens is 2. The Morgan fingerprint density at radius 3 is 2.82 bits per heavy atom. The molecule has 0 saturated heterocycles. The molecule has 0 radical (unpaired) electrons. The van der Waals surface area contributed by atoms with Gasteiger partial charge in [0, 0.05) is 19.5 Å². The van der Waals surface area contributed by atoms with Gasteiger partial charge in [-0.3, -0.25) is 14.7 Å². The van der Waals surface area contributed by atoms with Crippen LogP contribution in [0, 0.1) is 6.92 Å². The maximum Gasteiger partial charge on any atom is 0.226 e. The molecular formula is C16H19N5O. The first-order valence-electron chi connectivity index (χ1n) is 7.31. The molecule has 0 spiro atoms. The monoisotopic (exact) mass is 297 g/mol. The molecule has 0 aliphatic carbocycles. The second-order valence-corrected chi connectivity index (χ2v) is 5.32. The Labute approximate surface area is 129 Å². The summed E-state index contributed by atoms with van der Waals surface area (Å²) in [4.78, 5) is 17.6. The second-order valence-electron chi connectivity index (χ2n) is 5.32. The average Bonchev–Trinajstić information content (AvgIpc) is 3.08. The topological polar surface area (TPSA) is 62.5 Å². The van der Waals surface area contributed by atoms with Crippen LogP contribution in [0.4, 0.5) is 5.82 Å². The molecule has 2 heterocycles. The van der Waals surface area contributed by atoms with Crippen LogP contribution in [0.3, 0.4) is 0 Å². The van der Waals surface area contributed by atoms with Gasteiger partial charge in [0.1, 0.15) is 5.82 Å². The molecule has 6 heteroatoms. The van der Waals surface area contributed by atoms with Crippen molar-refractivity contribution in [2.24, 2.45) is 4.99 Å². The van der Waals surface area contributed by atoms with E-state index in [1.165, 1.54) is 5.56 Å². The van der Waals surface area contributed by atoms with E-state index >= 15 is 0 Å². The predicted octanol–water partition coefficient (Wildman–Crippen LogP) is 1.87. The van der Waals surface area contributed by atoms with Crippen molar-refractivity contribution in [3.8, 4) is 0 Å². The van der Waals surface area contributed by atoms with E-state index in [1.807, 2.05) is 35.9 Å². The molecule has 1 N–H and O–H groups in total. The summed E-state index contributed by atoms with van der Waals surface area (Å²) in [5, 5.41) is 7.75. The molecule has 1 aliphatic heterocycles. The molecule has 1 aromatic heterocycles. The fourth-order valence-electron chi connectivity index (χ4n) is 2.50. The minimum Gasteiger partial charge on any atom is -0.311 e. The van der Waals surface area contributed by atoms with E-state index in [9.17, 15) is 4.79 Å². The second kappa shape index (κ2) is 6.01. The van der Waals surface area contributed by atoms with Gasteiger partial charge in [0.15, 0.2) is 0 Å². The molecule has 1 amide bonds. The lowest BCUT2D eigenvalue weighted by molar-refractivity contribution is -0.124. The number of guanidine groups is 1. The maximum absolute atomic E-state index is 11.6. The van der Waals surface area contributed by atoms with Crippen LogP contribution in [0.2, 0.25) is 0 Å². The van der Waals surface area contributed by atoms with Crippen molar-refractivity contribution in [1.82, 2.24) is 14.7 Å². The van der Waals surface area contributed by atoms with Gasteiger partial charge in [0.05, 0.1) is 18.8 Å². The van der Waals surface area contributed by atoms with Crippen LogP contribution in [0.15, 0.2) is 41.4 Å². The lowest BCUT2D eigenvalue weighted by Gasteiger charge is -2.17. The molecule has 0 unspecified atom stereocenters. The van der Waals surface area contributed by atoms with Crippen LogP contribution in [0.25, 0.3) is 0 Å².